The second kappa shape index (κ2) is 8.37. The summed E-state index contributed by atoms with van der Waals surface area (Å²) in [4.78, 5) is 27.7. The highest BCUT2D eigenvalue weighted by Gasteiger charge is 2.49. The van der Waals surface area contributed by atoms with Gasteiger partial charge in [-0.05, 0) is 61.4 Å². The van der Waals surface area contributed by atoms with Crippen LogP contribution in [0.2, 0.25) is 10.0 Å². The summed E-state index contributed by atoms with van der Waals surface area (Å²) in [5.74, 6) is -1.57. The van der Waals surface area contributed by atoms with Gasteiger partial charge in [0.1, 0.15) is 23.3 Å². The smallest absolute Gasteiger partial charge is 0.300 e. The van der Waals surface area contributed by atoms with Gasteiger partial charge in [-0.25, -0.2) is 0 Å². The van der Waals surface area contributed by atoms with Crippen molar-refractivity contribution in [1.29, 1.82) is 0 Å². The van der Waals surface area contributed by atoms with Crippen LogP contribution in [-0.2, 0) is 9.59 Å². The van der Waals surface area contributed by atoms with Crippen LogP contribution in [0, 0.1) is 13.8 Å². The van der Waals surface area contributed by atoms with E-state index in [0.29, 0.717) is 22.0 Å². The number of aryl methyl sites for hydroxylation is 1. The van der Waals surface area contributed by atoms with Crippen molar-refractivity contribution >= 4 is 46.3 Å². The number of carbonyl (C=O) groups excluding carboxylic acids is 2. The molecular formula is C24H19Cl2NO5. The Kier molecular flexibility index (Phi) is 5.75. The van der Waals surface area contributed by atoms with Gasteiger partial charge in [0.05, 0.1) is 29.5 Å². The van der Waals surface area contributed by atoms with Gasteiger partial charge >= 0.3 is 0 Å². The van der Waals surface area contributed by atoms with Crippen molar-refractivity contribution in [2.75, 3.05) is 12.0 Å². The summed E-state index contributed by atoms with van der Waals surface area (Å²) < 4.78 is 10.9. The number of ether oxygens (including phenoxy) is 1. The van der Waals surface area contributed by atoms with Gasteiger partial charge in [0.25, 0.3) is 11.7 Å². The first-order chi connectivity index (χ1) is 15.3. The average Bonchev–Trinajstić information content (AvgIpc) is 3.36. The Hall–Kier alpha value is -3.22. The molecule has 3 aromatic rings. The van der Waals surface area contributed by atoms with Gasteiger partial charge < -0.3 is 14.3 Å². The Morgan fingerprint density at radius 1 is 1.09 bits per heavy atom. The lowest BCUT2D eigenvalue weighted by atomic mass is 9.97. The lowest BCUT2D eigenvalue weighted by Crippen LogP contribution is -2.30. The van der Waals surface area contributed by atoms with E-state index in [2.05, 4.69) is 0 Å². The number of halogens is 2. The molecule has 164 valence electrons. The molecule has 1 N–H and O–H groups in total. The van der Waals surface area contributed by atoms with E-state index in [9.17, 15) is 14.7 Å². The van der Waals surface area contributed by atoms with Crippen molar-refractivity contribution in [1.82, 2.24) is 0 Å². The summed E-state index contributed by atoms with van der Waals surface area (Å²) in [5.41, 5.74) is 1.86. The number of nitrogens with zero attached hydrogens (tertiary/aromatic N) is 1. The SMILES string of the molecule is COc1c(Cl)cc(C)cc1/C(O)=C1/C(=O)C(=O)N(c2cccc(Cl)c2C)C1c1ccco1. The van der Waals surface area contributed by atoms with Crippen LogP contribution >= 0.6 is 23.2 Å². The molecule has 2 heterocycles. The van der Waals surface area contributed by atoms with Gasteiger partial charge in [-0.2, -0.15) is 0 Å². The fourth-order valence-electron chi connectivity index (χ4n) is 3.91. The second-order valence-electron chi connectivity index (χ2n) is 7.40. The molecule has 0 radical (unpaired) electrons. The van der Waals surface area contributed by atoms with Gasteiger partial charge in [-0.15, -0.1) is 0 Å². The molecule has 8 heteroatoms. The minimum absolute atomic E-state index is 0.135. The molecule has 2 aromatic carbocycles. The fraction of sp³-hybridized carbons (Fsp3) is 0.167. The topological polar surface area (TPSA) is 80.0 Å². The molecule has 1 amide bonds. The minimum Gasteiger partial charge on any atom is -0.507 e. The van der Waals surface area contributed by atoms with Gasteiger partial charge in [0.2, 0.25) is 0 Å². The van der Waals surface area contributed by atoms with E-state index in [1.165, 1.54) is 18.3 Å². The largest absolute Gasteiger partial charge is 0.507 e. The van der Waals surface area contributed by atoms with Gasteiger partial charge in [0, 0.05) is 10.7 Å². The van der Waals surface area contributed by atoms with E-state index in [-0.39, 0.29) is 21.9 Å². The Balaban J connectivity index is 2.01. The summed E-state index contributed by atoms with van der Waals surface area (Å²) in [6, 6.07) is 10.6. The highest BCUT2D eigenvalue weighted by molar-refractivity contribution is 6.52. The number of hydrogen-bond acceptors (Lipinski definition) is 5. The lowest BCUT2D eigenvalue weighted by Gasteiger charge is -2.25. The quantitative estimate of drug-likeness (QED) is 0.293. The van der Waals surface area contributed by atoms with Crippen LogP contribution in [0.15, 0.2) is 58.7 Å². The predicted molar refractivity (Wildman–Crippen MR) is 122 cm³/mol. The lowest BCUT2D eigenvalue weighted by molar-refractivity contribution is -0.132. The summed E-state index contributed by atoms with van der Waals surface area (Å²) in [7, 11) is 1.41. The van der Waals surface area contributed by atoms with Crippen LogP contribution < -0.4 is 9.64 Å². The zero-order valence-electron chi connectivity index (χ0n) is 17.5. The first-order valence-electron chi connectivity index (χ1n) is 9.70. The summed E-state index contributed by atoms with van der Waals surface area (Å²) in [6.07, 6.45) is 1.43. The molecule has 1 fully saturated rings. The number of aliphatic hydroxyl groups excluding tert-OH is 1. The van der Waals surface area contributed by atoms with Crippen molar-refractivity contribution in [3.63, 3.8) is 0 Å². The number of carbonyl (C=O) groups is 2. The molecule has 1 atom stereocenters. The molecule has 32 heavy (non-hydrogen) atoms. The minimum atomic E-state index is -1.01. The van der Waals surface area contributed by atoms with E-state index < -0.39 is 23.5 Å². The number of Topliss-reactive ketones (excluding diaryl/α,β-unsaturated/α-hetero) is 1. The van der Waals surface area contributed by atoms with Crippen molar-refractivity contribution in [3.8, 4) is 5.75 Å². The average molecular weight is 472 g/mol. The van der Waals surface area contributed by atoms with Crippen molar-refractivity contribution in [2.45, 2.75) is 19.9 Å². The summed E-state index contributed by atoms with van der Waals surface area (Å²) in [6.45, 7) is 3.54. The first kappa shape index (κ1) is 22.0. The molecule has 1 aliphatic heterocycles. The van der Waals surface area contributed by atoms with Crippen molar-refractivity contribution in [2.24, 2.45) is 0 Å². The van der Waals surface area contributed by atoms with Gasteiger partial charge in [-0.3, -0.25) is 14.5 Å². The number of aliphatic hydroxyl groups is 1. The Bertz CT molecular complexity index is 1260. The number of furan rings is 1. The number of ketones is 1. The van der Waals surface area contributed by atoms with E-state index in [1.807, 2.05) is 0 Å². The zero-order valence-corrected chi connectivity index (χ0v) is 19.0. The van der Waals surface area contributed by atoms with Crippen LogP contribution in [-0.4, -0.2) is 23.9 Å². The van der Waals surface area contributed by atoms with Crippen LogP contribution in [0.25, 0.3) is 5.76 Å². The molecule has 1 aromatic heterocycles. The number of benzene rings is 2. The number of amides is 1. The van der Waals surface area contributed by atoms with Crippen LogP contribution in [0.1, 0.15) is 28.5 Å². The molecule has 4 rings (SSSR count). The molecule has 1 unspecified atom stereocenters. The normalized spacial score (nSPS) is 17.8. The molecule has 1 saturated heterocycles. The molecule has 1 aliphatic rings. The van der Waals surface area contributed by atoms with Crippen LogP contribution in [0.5, 0.6) is 5.75 Å². The maximum atomic E-state index is 13.2. The highest BCUT2D eigenvalue weighted by atomic mass is 35.5. The van der Waals surface area contributed by atoms with E-state index in [4.69, 9.17) is 32.4 Å². The zero-order chi connectivity index (χ0) is 23.2. The molecule has 6 nitrogen and oxygen atoms in total. The molecule has 0 bridgehead atoms. The summed E-state index contributed by atoms with van der Waals surface area (Å²) >= 11 is 12.6. The third-order valence-corrected chi connectivity index (χ3v) is 6.09. The van der Waals surface area contributed by atoms with E-state index in [1.54, 1.807) is 56.3 Å². The number of hydrogen-bond donors (Lipinski definition) is 1. The third kappa shape index (κ3) is 3.45. The van der Waals surface area contributed by atoms with Gasteiger partial charge in [-0.1, -0.05) is 29.3 Å². The maximum absolute atomic E-state index is 13.2. The number of methoxy groups -OCH3 is 1. The standard InChI is InChI=1S/C24H19Cl2NO5/c1-12-10-14(23(31-3)16(26)11-12)21(28)19-20(18-8-5-9-32-18)27(24(30)22(19)29)17-7-4-6-15(25)13(17)2/h4-11,20,28H,1-3H3/b21-19-. The van der Waals surface area contributed by atoms with E-state index >= 15 is 0 Å². The molecular weight excluding hydrogens is 453 g/mol. The van der Waals surface area contributed by atoms with Crippen LogP contribution in [0.3, 0.4) is 0 Å². The number of anilines is 1. The van der Waals surface area contributed by atoms with Crippen molar-refractivity contribution < 1.29 is 23.8 Å². The maximum Gasteiger partial charge on any atom is 0.300 e. The first-order valence-corrected chi connectivity index (χ1v) is 10.5. The number of rotatable bonds is 4. The molecule has 0 saturated carbocycles. The third-order valence-electron chi connectivity index (χ3n) is 5.40. The predicted octanol–water partition coefficient (Wildman–Crippen LogP) is 5.84. The van der Waals surface area contributed by atoms with Gasteiger partial charge in [0.15, 0.2) is 0 Å². The monoisotopic (exact) mass is 471 g/mol. The second-order valence-corrected chi connectivity index (χ2v) is 8.21. The Morgan fingerprint density at radius 3 is 2.50 bits per heavy atom. The molecule has 0 aliphatic carbocycles. The Labute approximate surface area is 194 Å². The molecule has 0 spiro atoms. The van der Waals surface area contributed by atoms with Crippen molar-refractivity contribution in [3.05, 3.63) is 86.8 Å². The summed E-state index contributed by atoms with van der Waals surface area (Å²) in [5, 5.41) is 12.0. The Morgan fingerprint density at radius 2 is 1.84 bits per heavy atom. The van der Waals surface area contributed by atoms with E-state index in [0.717, 1.165) is 5.56 Å². The highest BCUT2D eigenvalue weighted by Crippen LogP contribution is 2.45. The van der Waals surface area contributed by atoms with Crippen LogP contribution in [0.4, 0.5) is 5.69 Å². The fourth-order valence-corrected chi connectivity index (χ4v) is 4.43.